The number of esters is 1. The lowest BCUT2D eigenvalue weighted by Crippen LogP contribution is -2.44. The number of rotatable bonds is 6. The van der Waals surface area contributed by atoms with Gasteiger partial charge in [0.15, 0.2) is 11.8 Å². The first kappa shape index (κ1) is 12.5. The number of alkyl halides is 1. The molecule has 0 aliphatic heterocycles. The van der Waals surface area contributed by atoms with E-state index in [1.54, 1.807) is 6.92 Å². The molecule has 5 nitrogen and oxygen atoms in total. The van der Waals surface area contributed by atoms with Gasteiger partial charge in [-0.05, 0) is 6.92 Å². The van der Waals surface area contributed by atoms with Crippen LogP contribution in [0.25, 0.3) is 0 Å². The minimum absolute atomic E-state index is 0.0762. The first-order valence-corrected chi connectivity index (χ1v) is 4.83. The summed E-state index contributed by atoms with van der Waals surface area (Å²) in [5.41, 5.74) is 2.26. The first-order valence-electron chi connectivity index (χ1n) is 3.71. The number of nitrogens with one attached hydrogen (secondary N) is 1. The van der Waals surface area contributed by atoms with Crippen molar-refractivity contribution in [3.63, 3.8) is 0 Å². The zero-order chi connectivity index (χ0) is 10.3. The third kappa shape index (κ3) is 4.35. The van der Waals surface area contributed by atoms with Crippen LogP contribution in [0.15, 0.2) is 0 Å². The average molecular weight is 254 g/mol. The summed E-state index contributed by atoms with van der Waals surface area (Å²) in [5, 5.41) is 0.0762. The maximum Gasteiger partial charge on any atom is 0.333 e. The highest BCUT2D eigenvalue weighted by Gasteiger charge is 2.26. The molecule has 0 aliphatic rings. The maximum absolute atomic E-state index is 11.1. The van der Waals surface area contributed by atoms with Crippen LogP contribution >= 0.6 is 15.9 Å². The van der Waals surface area contributed by atoms with Gasteiger partial charge in [-0.1, -0.05) is 15.9 Å². The van der Waals surface area contributed by atoms with Crippen molar-refractivity contribution in [2.45, 2.75) is 13.0 Å². The summed E-state index contributed by atoms with van der Waals surface area (Å²) in [4.78, 5) is 26.8. The molecule has 76 valence electrons. The van der Waals surface area contributed by atoms with E-state index in [9.17, 15) is 9.59 Å². The van der Waals surface area contributed by atoms with Gasteiger partial charge in [-0.3, -0.25) is 4.79 Å². The van der Waals surface area contributed by atoms with Crippen molar-refractivity contribution in [3.8, 4) is 0 Å². The van der Waals surface area contributed by atoms with Gasteiger partial charge in [0.05, 0.1) is 19.0 Å². The normalized spacial score (nSPS) is 12.2. The molecule has 13 heavy (non-hydrogen) atoms. The molecule has 1 atom stereocenters. The van der Waals surface area contributed by atoms with Gasteiger partial charge in [0.1, 0.15) is 0 Å². The maximum atomic E-state index is 11.1. The first-order chi connectivity index (χ1) is 6.17. The second kappa shape index (κ2) is 6.99. The lowest BCUT2D eigenvalue weighted by Gasteiger charge is -2.12. The molecule has 0 aliphatic carbocycles. The van der Waals surface area contributed by atoms with Crippen LogP contribution in [-0.4, -0.2) is 36.8 Å². The van der Waals surface area contributed by atoms with Crippen LogP contribution in [0.1, 0.15) is 6.92 Å². The van der Waals surface area contributed by atoms with Crippen LogP contribution in [0.4, 0.5) is 0 Å². The van der Waals surface area contributed by atoms with E-state index in [0.29, 0.717) is 0 Å². The number of hydrogen-bond donors (Lipinski definition) is 1. The number of hydrogen-bond acceptors (Lipinski definition) is 5. The fraction of sp³-hybridized carbons (Fsp3) is 0.714. The van der Waals surface area contributed by atoms with E-state index in [0.717, 1.165) is 0 Å². The Labute approximate surface area is 84.9 Å². The molecular weight excluding hydrogens is 242 g/mol. The van der Waals surface area contributed by atoms with E-state index >= 15 is 0 Å². The van der Waals surface area contributed by atoms with E-state index in [4.69, 9.17) is 0 Å². The third-order valence-corrected chi connectivity index (χ3v) is 1.76. The molecule has 0 spiro atoms. The number of hydroxylamine groups is 1. The van der Waals surface area contributed by atoms with E-state index < -0.39 is 12.0 Å². The predicted molar refractivity (Wildman–Crippen MR) is 49.4 cm³/mol. The molecule has 0 aromatic heterocycles. The van der Waals surface area contributed by atoms with Crippen LogP contribution in [0, 0.1) is 0 Å². The summed E-state index contributed by atoms with van der Waals surface area (Å²) >= 11 is 2.95. The molecule has 0 bridgehead atoms. The van der Waals surface area contributed by atoms with E-state index in [-0.39, 0.29) is 17.7 Å². The van der Waals surface area contributed by atoms with Gasteiger partial charge in [0, 0.05) is 0 Å². The zero-order valence-electron chi connectivity index (χ0n) is 7.50. The number of halogens is 1. The fourth-order valence-electron chi connectivity index (χ4n) is 0.666. The summed E-state index contributed by atoms with van der Waals surface area (Å²) in [5.74, 6) is -0.964. The van der Waals surface area contributed by atoms with Crippen LogP contribution in [0.3, 0.4) is 0 Å². The number of ether oxygens (including phenoxy) is 1. The van der Waals surface area contributed by atoms with Crippen molar-refractivity contribution in [3.05, 3.63) is 0 Å². The molecule has 0 fully saturated rings. The van der Waals surface area contributed by atoms with Gasteiger partial charge in [-0.25, -0.2) is 4.79 Å². The molecule has 6 heteroatoms. The Balaban J connectivity index is 4.22. The van der Waals surface area contributed by atoms with Crippen molar-refractivity contribution in [1.82, 2.24) is 5.48 Å². The highest BCUT2D eigenvalue weighted by atomic mass is 79.9. The van der Waals surface area contributed by atoms with E-state index in [2.05, 4.69) is 31.0 Å². The molecular formula is C7H12BrNO4. The number of Topliss-reactive ketones (excluding diaryl/α,β-unsaturated/α-hetero) is 1. The van der Waals surface area contributed by atoms with Crippen molar-refractivity contribution >= 4 is 27.7 Å². The smallest absolute Gasteiger partial charge is 0.333 e. The number of carbonyl (C=O) groups is 2. The summed E-state index contributed by atoms with van der Waals surface area (Å²) in [6.07, 6.45) is 0. The molecule has 0 radical (unpaired) electrons. The molecule has 0 saturated heterocycles. The molecule has 0 heterocycles. The van der Waals surface area contributed by atoms with E-state index in [1.807, 2.05) is 0 Å². The largest absolute Gasteiger partial charge is 0.464 e. The Bertz CT molecular complexity index is 185. The summed E-state index contributed by atoms with van der Waals surface area (Å²) < 4.78 is 4.66. The van der Waals surface area contributed by atoms with Gasteiger partial charge >= 0.3 is 5.97 Å². The van der Waals surface area contributed by atoms with Gasteiger partial charge in [0.25, 0.3) is 0 Å². The SMILES string of the molecule is CCOC(=O)C(NOC)C(=O)CBr. The predicted octanol–water partition coefficient (Wildman–Crippen LogP) is 0.0331. The Morgan fingerprint density at radius 2 is 2.15 bits per heavy atom. The van der Waals surface area contributed by atoms with Crippen molar-refractivity contribution < 1.29 is 19.2 Å². The minimum atomic E-state index is -1.05. The standard InChI is InChI=1S/C7H12BrNO4/c1-3-13-7(11)6(9-12-2)5(10)4-8/h6,9H,3-4H2,1-2H3. The van der Waals surface area contributed by atoms with Crippen molar-refractivity contribution in [2.75, 3.05) is 19.0 Å². The Morgan fingerprint density at radius 3 is 2.54 bits per heavy atom. The zero-order valence-corrected chi connectivity index (χ0v) is 9.09. The third-order valence-electron chi connectivity index (χ3n) is 1.21. The van der Waals surface area contributed by atoms with Crippen molar-refractivity contribution in [2.24, 2.45) is 0 Å². The topological polar surface area (TPSA) is 64.6 Å². The summed E-state index contributed by atoms with van der Waals surface area (Å²) in [7, 11) is 1.33. The minimum Gasteiger partial charge on any atom is -0.464 e. The molecule has 0 aromatic rings. The van der Waals surface area contributed by atoms with Crippen LogP contribution in [0.5, 0.6) is 0 Å². The van der Waals surface area contributed by atoms with Gasteiger partial charge in [0.2, 0.25) is 0 Å². The van der Waals surface area contributed by atoms with Crippen molar-refractivity contribution in [1.29, 1.82) is 0 Å². The lowest BCUT2D eigenvalue weighted by molar-refractivity contribution is -0.152. The second-order valence-corrected chi connectivity index (χ2v) is 2.67. The van der Waals surface area contributed by atoms with Gasteiger partial charge < -0.3 is 9.57 Å². The van der Waals surface area contributed by atoms with Gasteiger partial charge in [-0.15, -0.1) is 0 Å². The molecule has 0 amide bonds. The second-order valence-electron chi connectivity index (χ2n) is 2.11. The Kier molecular flexibility index (Phi) is 6.75. The number of ketones is 1. The highest BCUT2D eigenvalue weighted by Crippen LogP contribution is 1.95. The molecule has 0 rings (SSSR count). The molecule has 1 N–H and O–H groups in total. The summed E-state index contributed by atoms with van der Waals surface area (Å²) in [6.45, 7) is 1.90. The average Bonchev–Trinajstić information content (AvgIpc) is 2.13. The lowest BCUT2D eigenvalue weighted by atomic mass is 10.2. The van der Waals surface area contributed by atoms with Crippen LogP contribution in [-0.2, 0) is 19.2 Å². The van der Waals surface area contributed by atoms with Crippen LogP contribution in [0.2, 0.25) is 0 Å². The Hall–Kier alpha value is -0.460. The number of carbonyl (C=O) groups excluding carboxylic acids is 2. The van der Waals surface area contributed by atoms with Gasteiger partial charge in [-0.2, -0.15) is 5.48 Å². The van der Waals surface area contributed by atoms with Crippen LogP contribution < -0.4 is 5.48 Å². The monoisotopic (exact) mass is 253 g/mol. The quantitative estimate of drug-likeness (QED) is 0.313. The highest BCUT2D eigenvalue weighted by molar-refractivity contribution is 9.09. The molecule has 0 saturated carbocycles. The van der Waals surface area contributed by atoms with E-state index in [1.165, 1.54) is 7.11 Å². The Morgan fingerprint density at radius 1 is 1.54 bits per heavy atom. The molecule has 1 unspecified atom stereocenters. The summed E-state index contributed by atoms with van der Waals surface area (Å²) in [6, 6.07) is -1.05. The fourth-order valence-corrected chi connectivity index (χ4v) is 0.990. The molecule has 0 aromatic carbocycles.